The van der Waals surface area contributed by atoms with Crippen LogP contribution >= 0.6 is 34.8 Å². The van der Waals surface area contributed by atoms with Crippen molar-refractivity contribution in [1.82, 2.24) is 16.1 Å². The van der Waals surface area contributed by atoms with Crippen LogP contribution in [0.5, 0.6) is 17.2 Å². The van der Waals surface area contributed by atoms with E-state index in [4.69, 9.17) is 31.2 Å². The lowest BCUT2D eigenvalue weighted by Gasteiger charge is -2.30. The molecule has 230 valence electrons. The van der Waals surface area contributed by atoms with Crippen molar-refractivity contribution in [1.29, 1.82) is 0 Å². The number of carbonyl (C=O) groups excluding carboxylic acids is 2. The van der Waals surface area contributed by atoms with Gasteiger partial charge in [0.05, 0.1) is 31.5 Å². The monoisotopic (exact) mass is 732 g/mol. The fourth-order valence-corrected chi connectivity index (χ4v) is 5.22. The first-order valence-corrected chi connectivity index (χ1v) is 14.9. The zero-order chi connectivity index (χ0) is 31.6. The smallest absolute Gasteiger partial charge is 0.338 e. The van der Waals surface area contributed by atoms with E-state index in [0.29, 0.717) is 44.8 Å². The number of methoxy groups -OCH3 is 1. The molecule has 3 aromatic rings. The van der Waals surface area contributed by atoms with Crippen LogP contribution in [0.2, 0.25) is 0 Å². The Morgan fingerprint density at radius 2 is 1.86 bits per heavy atom. The predicted octanol–water partition coefficient (Wildman–Crippen LogP) is 4.90. The SMILES string of the molecule is CCOC(=O)C1=C(C)NC(=S)N[C@H]1c1ccccc1OCC(=O)NN=Cc1cc(I)cc(OC)c1OCc1ccc(F)cc1. The Balaban J connectivity index is 1.45. The largest absolute Gasteiger partial charge is 0.493 e. The van der Waals surface area contributed by atoms with Gasteiger partial charge in [-0.1, -0.05) is 30.3 Å². The van der Waals surface area contributed by atoms with E-state index in [1.807, 2.05) is 6.07 Å². The molecule has 0 spiro atoms. The second-order valence-corrected chi connectivity index (χ2v) is 11.0. The van der Waals surface area contributed by atoms with Crippen molar-refractivity contribution in [2.75, 3.05) is 20.3 Å². The van der Waals surface area contributed by atoms with Crippen LogP contribution in [0.25, 0.3) is 0 Å². The fourth-order valence-electron chi connectivity index (χ4n) is 4.33. The molecule has 1 heterocycles. The first-order valence-electron chi connectivity index (χ1n) is 13.4. The molecule has 1 amide bonds. The molecule has 0 radical (unpaired) electrons. The van der Waals surface area contributed by atoms with Gasteiger partial charge in [0.15, 0.2) is 23.2 Å². The summed E-state index contributed by atoms with van der Waals surface area (Å²) in [6, 6.07) is 16.0. The van der Waals surface area contributed by atoms with Crippen LogP contribution in [-0.4, -0.2) is 43.5 Å². The number of allylic oxidation sites excluding steroid dienone is 1. The van der Waals surface area contributed by atoms with Crippen molar-refractivity contribution < 1.29 is 32.9 Å². The summed E-state index contributed by atoms with van der Waals surface area (Å²) in [5.41, 5.74) is 5.30. The number of nitrogens with zero attached hydrogens (tertiary/aromatic N) is 1. The third-order valence-corrected chi connectivity index (χ3v) is 7.15. The van der Waals surface area contributed by atoms with Gasteiger partial charge in [0.1, 0.15) is 18.2 Å². The number of halogens is 2. The molecule has 0 aromatic heterocycles. The summed E-state index contributed by atoms with van der Waals surface area (Å²) < 4.78 is 36.7. The van der Waals surface area contributed by atoms with E-state index < -0.39 is 17.9 Å². The Morgan fingerprint density at radius 1 is 1.11 bits per heavy atom. The van der Waals surface area contributed by atoms with Crippen molar-refractivity contribution in [2.45, 2.75) is 26.5 Å². The Morgan fingerprint density at radius 3 is 2.59 bits per heavy atom. The van der Waals surface area contributed by atoms with Crippen LogP contribution in [0.4, 0.5) is 4.39 Å². The van der Waals surface area contributed by atoms with Gasteiger partial charge in [-0.05, 0) is 84.6 Å². The van der Waals surface area contributed by atoms with E-state index in [-0.39, 0.29) is 25.6 Å². The van der Waals surface area contributed by atoms with Crippen LogP contribution < -0.4 is 30.3 Å². The van der Waals surface area contributed by atoms with Gasteiger partial charge in [-0.2, -0.15) is 5.10 Å². The molecule has 10 nitrogen and oxygen atoms in total. The number of hydrogen-bond donors (Lipinski definition) is 3. The molecule has 1 aliphatic heterocycles. The maximum Gasteiger partial charge on any atom is 0.338 e. The third kappa shape index (κ3) is 8.44. The minimum absolute atomic E-state index is 0.168. The van der Waals surface area contributed by atoms with Crippen LogP contribution in [0.1, 0.15) is 36.6 Å². The highest BCUT2D eigenvalue weighted by Crippen LogP contribution is 2.34. The number of rotatable bonds is 12. The molecule has 0 saturated carbocycles. The number of esters is 1. The van der Waals surface area contributed by atoms with E-state index in [1.165, 1.54) is 25.5 Å². The van der Waals surface area contributed by atoms with Crippen molar-refractivity contribution in [3.8, 4) is 17.2 Å². The third-order valence-electron chi connectivity index (χ3n) is 6.31. The summed E-state index contributed by atoms with van der Waals surface area (Å²) in [7, 11) is 1.52. The zero-order valence-corrected chi connectivity index (χ0v) is 27.1. The van der Waals surface area contributed by atoms with E-state index in [1.54, 1.807) is 56.3 Å². The van der Waals surface area contributed by atoms with Gasteiger partial charge >= 0.3 is 5.97 Å². The number of para-hydroxylation sites is 1. The van der Waals surface area contributed by atoms with Crippen molar-refractivity contribution in [3.63, 3.8) is 0 Å². The van der Waals surface area contributed by atoms with Gasteiger partial charge in [0.2, 0.25) is 0 Å². The predicted molar refractivity (Wildman–Crippen MR) is 175 cm³/mol. The van der Waals surface area contributed by atoms with E-state index in [9.17, 15) is 14.0 Å². The number of nitrogens with one attached hydrogen (secondary N) is 3. The molecule has 3 aromatic carbocycles. The molecule has 1 aliphatic rings. The second-order valence-electron chi connectivity index (χ2n) is 9.35. The number of hydrazone groups is 1. The fraction of sp³-hybridized carbons (Fsp3) is 0.226. The lowest BCUT2D eigenvalue weighted by molar-refractivity contribution is -0.139. The summed E-state index contributed by atoms with van der Waals surface area (Å²) in [5, 5.41) is 10.5. The molecule has 1 atom stereocenters. The minimum atomic E-state index is -0.649. The lowest BCUT2D eigenvalue weighted by atomic mass is 9.95. The Labute approximate surface area is 273 Å². The zero-order valence-electron chi connectivity index (χ0n) is 24.1. The molecule has 0 aliphatic carbocycles. The molecule has 0 saturated heterocycles. The Kier molecular flexibility index (Phi) is 11.5. The maximum atomic E-state index is 13.3. The molecule has 4 rings (SSSR count). The minimum Gasteiger partial charge on any atom is -0.493 e. The van der Waals surface area contributed by atoms with Gasteiger partial charge in [0, 0.05) is 20.4 Å². The molecule has 0 unspecified atom stereocenters. The van der Waals surface area contributed by atoms with Gasteiger partial charge < -0.3 is 29.6 Å². The number of carbonyl (C=O) groups is 2. The summed E-state index contributed by atoms with van der Waals surface area (Å²) >= 11 is 7.46. The van der Waals surface area contributed by atoms with Crippen LogP contribution in [0.3, 0.4) is 0 Å². The molecular formula is C31H30FIN4O6S. The maximum absolute atomic E-state index is 13.3. The van der Waals surface area contributed by atoms with E-state index in [2.05, 4.69) is 43.8 Å². The first kappa shape index (κ1) is 32.7. The van der Waals surface area contributed by atoms with Crippen molar-refractivity contribution in [2.24, 2.45) is 5.10 Å². The highest BCUT2D eigenvalue weighted by atomic mass is 127. The molecule has 13 heteroatoms. The normalized spacial score (nSPS) is 14.5. The van der Waals surface area contributed by atoms with Gasteiger partial charge in [0.25, 0.3) is 5.91 Å². The summed E-state index contributed by atoms with van der Waals surface area (Å²) in [6.07, 6.45) is 1.44. The number of amides is 1. The molecule has 44 heavy (non-hydrogen) atoms. The van der Waals surface area contributed by atoms with Gasteiger partial charge in [-0.3, -0.25) is 4.79 Å². The van der Waals surface area contributed by atoms with Crippen LogP contribution in [0.15, 0.2) is 77.0 Å². The molecule has 0 bridgehead atoms. The van der Waals surface area contributed by atoms with Crippen molar-refractivity contribution in [3.05, 3.63) is 98.0 Å². The Bertz CT molecular complexity index is 1600. The second kappa shape index (κ2) is 15.5. The van der Waals surface area contributed by atoms with E-state index in [0.717, 1.165) is 9.13 Å². The lowest BCUT2D eigenvalue weighted by Crippen LogP contribution is -2.45. The van der Waals surface area contributed by atoms with Crippen LogP contribution in [-0.2, 0) is 20.9 Å². The molecular weight excluding hydrogens is 702 g/mol. The number of benzene rings is 3. The van der Waals surface area contributed by atoms with Gasteiger partial charge in [-0.15, -0.1) is 0 Å². The summed E-state index contributed by atoms with van der Waals surface area (Å²) in [5.74, 6) is -0.0850. The highest BCUT2D eigenvalue weighted by molar-refractivity contribution is 14.1. The summed E-state index contributed by atoms with van der Waals surface area (Å²) in [4.78, 5) is 25.5. The summed E-state index contributed by atoms with van der Waals surface area (Å²) in [6.45, 7) is 3.49. The van der Waals surface area contributed by atoms with Crippen molar-refractivity contribution >= 4 is 58.0 Å². The van der Waals surface area contributed by atoms with E-state index >= 15 is 0 Å². The van der Waals surface area contributed by atoms with Crippen LogP contribution in [0, 0.1) is 9.39 Å². The average molecular weight is 733 g/mol. The standard InChI is InChI=1S/C31H30FIN4O6S/c1-4-41-30(39)27-18(2)35-31(44)36-28(27)23-7-5-6-8-24(23)42-17-26(38)37-34-15-20-13-22(33)14-25(40-3)29(20)43-16-19-9-11-21(32)12-10-19/h5-15,28H,4,16-17H2,1-3H3,(H,37,38)(H2,35,36,44)/t28-/m0/s1. The number of hydrogen-bond acceptors (Lipinski definition) is 8. The topological polar surface area (TPSA) is 120 Å². The average Bonchev–Trinajstić information content (AvgIpc) is 3.00. The Hall–Kier alpha value is -4.24. The molecule has 0 fully saturated rings. The quantitative estimate of drug-likeness (QED) is 0.0786. The molecule has 3 N–H and O–H groups in total. The number of thiocarbonyl (C=S) groups is 1. The number of ether oxygens (including phenoxy) is 4. The van der Waals surface area contributed by atoms with Gasteiger partial charge in [-0.25, -0.2) is 14.6 Å². The first-order chi connectivity index (χ1) is 21.2. The highest BCUT2D eigenvalue weighted by Gasteiger charge is 2.32.